The number of carbonyl (C=O) groups excluding carboxylic acids is 1. The molecular weight excluding hydrogens is 172 g/mol. The highest BCUT2D eigenvalue weighted by Gasteiger charge is 2.47. The third kappa shape index (κ3) is 0.986. The molecule has 1 spiro atoms. The lowest BCUT2D eigenvalue weighted by atomic mass is 9.68. The first kappa shape index (κ1) is 8.70. The third-order valence-corrected chi connectivity index (χ3v) is 4.55. The highest BCUT2D eigenvalue weighted by Crippen LogP contribution is 2.54. The third-order valence-electron chi connectivity index (χ3n) is 4.55. The molecule has 3 rings (SSSR count). The van der Waals surface area contributed by atoms with Crippen LogP contribution >= 0.6 is 0 Å². The van der Waals surface area contributed by atoms with Crippen LogP contribution in [-0.2, 0) is 4.79 Å². The number of rotatable bonds is 0. The van der Waals surface area contributed by atoms with Gasteiger partial charge in [-0.15, -0.1) is 0 Å². The van der Waals surface area contributed by atoms with E-state index in [9.17, 15) is 4.79 Å². The zero-order valence-electron chi connectivity index (χ0n) is 8.77. The maximum absolute atomic E-state index is 12.1. The van der Waals surface area contributed by atoms with Crippen LogP contribution in [0.5, 0.6) is 0 Å². The Labute approximate surface area is 85.6 Å². The summed E-state index contributed by atoms with van der Waals surface area (Å²) in [4.78, 5) is 12.1. The smallest absolute Gasteiger partial charge is 0.143 e. The fourth-order valence-corrected chi connectivity index (χ4v) is 3.89. The van der Waals surface area contributed by atoms with E-state index in [0.29, 0.717) is 5.78 Å². The van der Waals surface area contributed by atoms with Crippen molar-refractivity contribution in [2.75, 3.05) is 0 Å². The van der Waals surface area contributed by atoms with Crippen LogP contribution < -0.4 is 0 Å². The highest BCUT2D eigenvalue weighted by molar-refractivity contribution is 5.90. The molecule has 3 aliphatic carbocycles. The van der Waals surface area contributed by atoms with E-state index in [-0.39, 0.29) is 5.41 Å². The quantitative estimate of drug-likeness (QED) is 0.535. The van der Waals surface area contributed by atoms with Crippen LogP contribution in [0.4, 0.5) is 0 Å². The van der Waals surface area contributed by atoms with Gasteiger partial charge < -0.3 is 0 Å². The summed E-state index contributed by atoms with van der Waals surface area (Å²) in [5.74, 6) is 0.579. The zero-order chi connectivity index (χ0) is 9.60. The first-order valence-electron chi connectivity index (χ1n) is 6.08. The van der Waals surface area contributed by atoms with Gasteiger partial charge in [0.15, 0.2) is 0 Å². The molecule has 0 aliphatic heterocycles. The summed E-state index contributed by atoms with van der Waals surface area (Å²) in [6, 6.07) is 0. The average Bonchev–Trinajstić information content (AvgIpc) is 2.82. The van der Waals surface area contributed by atoms with E-state index in [1.54, 1.807) is 11.1 Å². The maximum Gasteiger partial charge on any atom is 0.143 e. The standard InChI is InChI=1S/C13H18O/c14-12-7-6-10-4-3-5-11(10)13(12)8-1-2-9-13/h1-9H2. The molecule has 0 radical (unpaired) electrons. The van der Waals surface area contributed by atoms with Crippen LogP contribution in [0.1, 0.15) is 57.8 Å². The number of allylic oxidation sites excluding steroid dienone is 2. The molecule has 0 N–H and O–H groups in total. The van der Waals surface area contributed by atoms with E-state index < -0.39 is 0 Å². The predicted octanol–water partition coefficient (Wildman–Crippen LogP) is 3.39. The Morgan fingerprint density at radius 1 is 0.857 bits per heavy atom. The molecule has 0 saturated heterocycles. The van der Waals surface area contributed by atoms with Gasteiger partial charge in [-0.2, -0.15) is 0 Å². The van der Waals surface area contributed by atoms with E-state index in [1.165, 1.54) is 44.9 Å². The Kier molecular flexibility index (Phi) is 1.83. The lowest BCUT2D eigenvalue weighted by molar-refractivity contribution is -0.127. The van der Waals surface area contributed by atoms with Crippen molar-refractivity contribution in [1.29, 1.82) is 0 Å². The van der Waals surface area contributed by atoms with E-state index in [1.807, 2.05) is 0 Å². The summed E-state index contributed by atoms with van der Waals surface area (Å²) in [7, 11) is 0. The largest absolute Gasteiger partial charge is 0.299 e. The zero-order valence-corrected chi connectivity index (χ0v) is 8.77. The van der Waals surface area contributed by atoms with E-state index >= 15 is 0 Å². The van der Waals surface area contributed by atoms with Crippen molar-refractivity contribution in [3.8, 4) is 0 Å². The Morgan fingerprint density at radius 3 is 2.43 bits per heavy atom. The number of hydrogen-bond donors (Lipinski definition) is 0. The molecular formula is C13H18O. The minimum atomic E-state index is 0.0735. The van der Waals surface area contributed by atoms with E-state index in [0.717, 1.165) is 12.8 Å². The van der Waals surface area contributed by atoms with Crippen LogP contribution in [0.25, 0.3) is 0 Å². The number of fused-ring (bicyclic) bond motifs is 1. The van der Waals surface area contributed by atoms with Gasteiger partial charge in [-0.05, 0) is 38.5 Å². The summed E-state index contributed by atoms with van der Waals surface area (Å²) >= 11 is 0. The molecule has 76 valence electrons. The molecule has 1 nitrogen and oxygen atoms in total. The minimum Gasteiger partial charge on any atom is -0.299 e. The Bertz CT molecular complexity index is 305. The van der Waals surface area contributed by atoms with Crippen molar-refractivity contribution in [1.82, 2.24) is 0 Å². The molecule has 0 amide bonds. The Balaban J connectivity index is 2.06. The minimum absolute atomic E-state index is 0.0735. The Hall–Kier alpha value is -0.590. The van der Waals surface area contributed by atoms with E-state index in [4.69, 9.17) is 0 Å². The Morgan fingerprint density at radius 2 is 1.64 bits per heavy atom. The summed E-state index contributed by atoms with van der Waals surface area (Å²) in [5.41, 5.74) is 3.35. The van der Waals surface area contributed by atoms with Gasteiger partial charge in [0, 0.05) is 6.42 Å². The highest BCUT2D eigenvalue weighted by atomic mass is 16.1. The first-order valence-corrected chi connectivity index (χ1v) is 6.08. The van der Waals surface area contributed by atoms with Gasteiger partial charge in [-0.3, -0.25) is 4.79 Å². The second kappa shape index (κ2) is 2.95. The molecule has 0 aromatic heterocycles. The van der Waals surface area contributed by atoms with Gasteiger partial charge in [0.25, 0.3) is 0 Å². The molecule has 3 aliphatic rings. The van der Waals surface area contributed by atoms with Crippen molar-refractivity contribution in [3.05, 3.63) is 11.1 Å². The number of carbonyl (C=O) groups is 1. The van der Waals surface area contributed by atoms with Crippen molar-refractivity contribution in [2.45, 2.75) is 57.8 Å². The fourth-order valence-electron chi connectivity index (χ4n) is 3.89. The maximum atomic E-state index is 12.1. The molecule has 0 unspecified atom stereocenters. The van der Waals surface area contributed by atoms with Crippen molar-refractivity contribution >= 4 is 5.78 Å². The van der Waals surface area contributed by atoms with Crippen molar-refractivity contribution < 1.29 is 4.79 Å². The molecule has 0 bridgehead atoms. The summed E-state index contributed by atoms with van der Waals surface area (Å²) in [6.45, 7) is 0. The molecule has 0 atom stereocenters. The molecule has 1 fully saturated rings. The first-order chi connectivity index (χ1) is 6.83. The molecule has 0 heterocycles. The second-order valence-electron chi connectivity index (χ2n) is 5.15. The van der Waals surface area contributed by atoms with Gasteiger partial charge in [-0.1, -0.05) is 24.0 Å². The van der Waals surface area contributed by atoms with Crippen LogP contribution in [0.2, 0.25) is 0 Å². The van der Waals surface area contributed by atoms with Crippen molar-refractivity contribution in [2.24, 2.45) is 5.41 Å². The van der Waals surface area contributed by atoms with Crippen LogP contribution in [0, 0.1) is 5.41 Å². The van der Waals surface area contributed by atoms with Crippen LogP contribution in [0.3, 0.4) is 0 Å². The summed E-state index contributed by atoms with van der Waals surface area (Å²) < 4.78 is 0. The normalized spacial score (nSPS) is 30.1. The molecule has 14 heavy (non-hydrogen) atoms. The number of Topliss-reactive ketones (excluding diaryl/α,β-unsaturated/α-hetero) is 1. The molecule has 0 aromatic rings. The van der Waals surface area contributed by atoms with E-state index in [2.05, 4.69) is 0 Å². The van der Waals surface area contributed by atoms with Gasteiger partial charge in [0.1, 0.15) is 5.78 Å². The van der Waals surface area contributed by atoms with Gasteiger partial charge in [0.05, 0.1) is 5.41 Å². The number of hydrogen-bond acceptors (Lipinski definition) is 1. The summed E-state index contributed by atoms with van der Waals surface area (Å²) in [6.07, 6.45) is 10.7. The summed E-state index contributed by atoms with van der Waals surface area (Å²) in [5, 5.41) is 0. The monoisotopic (exact) mass is 190 g/mol. The van der Waals surface area contributed by atoms with Gasteiger partial charge in [0.2, 0.25) is 0 Å². The van der Waals surface area contributed by atoms with Gasteiger partial charge >= 0.3 is 0 Å². The predicted molar refractivity (Wildman–Crippen MR) is 56.0 cm³/mol. The lowest BCUT2D eigenvalue weighted by Crippen LogP contribution is -2.33. The lowest BCUT2D eigenvalue weighted by Gasteiger charge is -2.34. The fraction of sp³-hybridized carbons (Fsp3) is 0.769. The molecule has 1 saturated carbocycles. The van der Waals surface area contributed by atoms with Crippen LogP contribution in [-0.4, -0.2) is 5.78 Å². The number of ketones is 1. The van der Waals surface area contributed by atoms with Crippen LogP contribution in [0.15, 0.2) is 11.1 Å². The van der Waals surface area contributed by atoms with Gasteiger partial charge in [-0.25, -0.2) is 0 Å². The average molecular weight is 190 g/mol. The second-order valence-corrected chi connectivity index (χ2v) is 5.15. The topological polar surface area (TPSA) is 17.1 Å². The molecule has 0 aromatic carbocycles. The van der Waals surface area contributed by atoms with Crippen molar-refractivity contribution in [3.63, 3.8) is 0 Å². The molecule has 1 heteroatoms. The SMILES string of the molecule is O=C1CCC2=C(CCC2)C12CCCC2.